The lowest BCUT2D eigenvalue weighted by atomic mass is 10.2. The Morgan fingerprint density at radius 2 is 2.20 bits per heavy atom. The van der Waals surface area contributed by atoms with Gasteiger partial charge in [-0.2, -0.15) is 0 Å². The van der Waals surface area contributed by atoms with Crippen LogP contribution in [0.1, 0.15) is 18.6 Å². The number of aromatic nitrogens is 1. The first-order valence-corrected chi connectivity index (χ1v) is 4.64. The second kappa shape index (κ2) is 5.02. The predicted molar refractivity (Wildman–Crippen MR) is 54.1 cm³/mol. The Hall–Kier alpha value is -1.23. The molecule has 0 aromatic carbocycles. The van der Waals surface area contributed by atoms with E-state index in [1.807, 2.05) is 0 Å². The Morgan fingerprint density at radius 3 is 2.73 bits per heavy atom. The van der Waals surface area contributed by atoms with Crippen LogP contribution in [0.5, 0.6) is 0 Å². The average Bonchev–Trinajstić information content (AvgIpc) is 2.17. The summed E-state index contributed by atoms with van der Waals surface area (Å²) in [6.07, 6.45) is -1.52. The Labute approximate surface area is 87.4 Å². The molecule has 0 saturated heterocycles. The van der Waals surface area contributed by atoms with E-state index in [2.05, 4.69) is 4.98 Å². The number of nitrogens with zero attached hydrogens (tertiary/aromatic N) is 2. The molecule has 0 bridgehead atoms. The fourth-order valence-electron chi connectivity index (χ4n) is 1.20. The molecule has 1 aromatic rings. The number of alkyl halides is 2. The summed E-state index contributed by atoms with van der Waals surface area (Å²) < 4.78 is 24.2. The van der Waals surface area contributed by atoms with Gasteiger partial charge in [0.25, 0.3) is 6.43 Å². The third kappa shape index (κ3) is 3.43. The number of halogens is 2. The number of hydrogen-bond acceptors (Lipinski definition) is 3. The highest BCUT2D eigenvalue weighted by Crippen LogP contribution is 2.17. The zero-order valence-electron chi connectivity index (χ0n) is 8.69. The van der Waals surface area contributed by atoms with Crippen molar-refractivity contribution in [3.8, 4) is 0 Å². The second-order valence-corrected chi connectivity index (χ2v) is 3.39. The van der Waals surface area contributed by atoms with Gasteiger partial charge in [0.2, 0.25) is 0 Å². The molecule has 0 aliphatic heterocycles. The first-order valence-electron chi connectivity index (χ1n) is 4.64. The largest absolute Gasteiger partial charge is 0.389 e. The maximum Gasteiger partial charge on any atom is 0.255 e. The van der Waals surface area contributed by atoms with Crippen molar-refractivity contribution in [3.63, 3.8) is 0 Å². The molecule has 0 radical (unpaired) electrons. The summed E-state index contributed by atoms with van der Waals surface area (Å²) in [6.45, 7) is 1.25. The number of anilines is 1. The summed E-state index contributed by atoms with van der Waals surface area (Å²) in [6, 6.07) is 3.26. The molecule has 1 heterocycles. The van der Waals surface area contributed by atoms with E-state index in [4.69, 9.17) is 0 Å². The van der Waals surface area contributed by atoms with Crippen LogP contribution in [0, 0.1) is 0 Å². The van der Waals surface area contributed by atoms with Gasteiger partial charge in [-0.3, -0.25) is 0 Å². The minimum Gasteiger partial charge on any atom is -0.389 e. The van der Waals surface area contributed by atoms with E-state index in [9.17, 15) is 13.9 Å². The number of hydrogen-bond donors (Lipinski definition) is 1. The highest BCUT2D eigenvalue weighted by atomic mass is 19.3. The van der Waals surface area contributed by atoms with Gasteiger partial charge >= 0.3 is 0 Å². The third-order valence-electron chi connectivity index (χ3n) is 2.05. The molecule has 15 heavy (non-hydrogen) atoms. The van der Waals surface area contributed by atoms with E-state index in [-0.39, 0.29) is 6.54 Å². The quantitative estimate of drug-likeness (QED) is 0.834. The zero-order chi connectivity index (χ0) is 11.4. The van der Waals surface area contributed by atoms with E-state index in [1.165, 1.54) is 11.1 Å². The Morgan fingerprint density at radius 1 is 1.53 bits per heavy atom. The number of aliphatic hydroxyl groups excluding tert-OH is 1. The normalized spacial score (nSPS) is 12.9. The van der Waals surface area contributed by atoms with Crippen LogP contribution in [-0.4, -0.2) is 30.1 Å². The van der Waals surface area contributed by atoms with Crippen LogP contribution in [0.15, 0.2) is 18.3 Å². The summed E-state index contributed by atoms with van der Waals surface area (Å²) in [7, 11) is 1.54. The van der Waals surface area contributed by atoms with Crippen LogP contribution in [0.25, 0.3) is 0 Å². The fourth-order valence-corrected chi connectivity index (χ4v) is 1.20. The molecule has 0 aliphatic rings. The Balaban J connectivity index is 2.80. The number of rotatable bonds is 4. The van der Waals surface area contributed by atoms with Gasteiger partial charge in [-0.05, 0) is 24.6 Å². The second-order valence-electron chi connectivity index (χ2n) is 3.39. The molecule has 0 fully saturated rings. The van der Waals surface area contributed by atoms with Crippen molar-refractivity contribution >= 4 is 5.82 Å². The van der Waals surface area contributed by atoms with Gasteiger partial charge in [-0.1, -0.05) is 0 Å². The lowest BCUT2D eigenvalue weighted by Crippen LogP contribution is -2.24. The number of pyridine rings is 1. The van der Waals surface area contributed by atoms with Gasteiger partial charge < -0.3 is 10.0 Å². The van der Waals surface area contributed by atoms with Crippen molar-refractivity contribution in [3.05, 3.63) is 23.9 Å². The van der Waals surface area contributed by atoms with Gasteiger partial charge in [0, 0.05) is 13.2 Å². The smallest absolute Gasteiger partial charge is 0.255 e. The van der Waals surface area contributed by atoms with E-state index >= 15 is 0 Å². The van der Waals surface area contributed by atoms with Gasteiger partial charge in [0.15, 0.2) is 0 Å². The molecule has 5 heteroatoms. The van der Waals surface area contributed by atoms with Crippen LogP contribution in [0.4, 0.5) is 14.6 Å². The number of aliphatic hydroxyl groups is 1. The van der Waals surface area contributed by atoms with Crippen LogP contribution in [0.2, 0.25) is 0 Å². The fraction of sp³-hybridized carbons (Fsp3) is 0.500. The first-order chi connectivity index (χ1) is 7.00. The topological polar surface area (TPSA) is 36.4 Å². The van der Waals surface area contributed by atoms with E-state index in [1.54, 1.807) is 26.1 Å². The van der Waals surface area contributed by atoms with Gasteiger partial charge in [-0.25, -0.2) is 13.8 Å². The molecule has 1 rings (SSSR count). The SMILES string of the molecule is C[C@@H](O)c1ccnc(N(C)CC(F)F)c1. The Bertz CT molecular complexity index is 318. The molecule has 0 unspecified atom stereocenters. The highest BCUT2D eigenvalue weighted by Gasteiger charge is 2.10. The molecule has 84 valence electrons. The van der Waals surface area contributed by atoms with Gasteiger partial charge in [0.05, 0.1) is 12.6 Å². The maximum atomic E-state index is 12.1. The predicted octanol–water partition coefficient (Wildman–Crippen LogP) is 1.84. The standard InChI is InChI=1S/C10H14F2N2O/c1-7(15)8-3-4-13-10(5-8)14(2)6-9(11)12/h3-5,7,9,15H,6H2,1-2H3/t7-/m1/s1. The lowest BCUT2D eigenvalue weighted by Gasteiger charge is -2.18. The molecule has 0 aliphatic carbocycles. The van der Waals surface area contributed by atoms with Crippen LogP contribution < -0.4 is 4.90 Å². The molecule has 0 saturated carbocycles. The molecule has 1 aromatic heterocycles. The van der Waals surface area contributed by atoms with Crippen molar-refractivity contribution in [1.82, 2.24) is 4.98 Å². The molecule has 0 amide bonds. The molecule has 3 nitrogen and oxygen atoms in total. The van der Waals surface area contributed by atoms with Crippen molar-refractivity contribution in [2.24, 2.45) is 0 Å². The highest BCUT2D eigenvalue weighted by molar-refractivity contribution is 5.40. The average molecular weight is 216 g/mol. The maximum absolute atomic E-state index is 12.1. The van der Waals surface area contributed by atoms with E-state index in [0.717, 1.165) is 0 Å². The molecular formula is C10H14F2N2O. The van der Waals surface area contributed by atoms with Crippen molar-refractivity contribution in [2.75, 3.05) is 18.5 Å². The summed E-state index contributed by atoms with van der Waals surface area (Å²) in [5.74, 6) is 0.439. The zero-order valence-corrected chi connectivity index (χ0v) is 8.69. The molecular weight excluding hydrogens is 202 g/mol. The van der Waals surface area contributed by atoms with Crippen molar-refractivity contribution in [2.45, 2.75) is 19.5 Å². The summed E-state index contributed by atoms with van der Waals surface area (Å²) in [4.78, 5) is 5.31. The summed E-state index contributed by atoms with van der Waals surface area (Å²) >= 11 is 0. The van der Waals surface area contributed by atoms with Crippen LogP contribution >= 0.6 is 0 Å². The van der Waals surface area contributed by atoms with E-state index in [0.29, 0.717) is 11.4 Å². The van der Waals surface area contributed by atoms with Gasteiger partial charge in [0.1, 0.15) is 5.82 Å². The minimum atomic E-state index is -2.40. The van der Waals surface area contributed by atoms with Crippen molar-refractivity contribution in [1.29, 1.82) is 0 Å². The molecule has 1 atom stereocenters. The van der Waals surface area contributed by atoms with Gasteiger partial charge in [-0.15, -0.1) is 0 Å². The van der Waals surface area contributed by atoms with Crippen LogP contribution in [0.3, 0.4) is 0 Å². The lowest BCUT2D eigenvalue weighted by molar-refractivity contribution is 0.156. The summed E-state index contributed by atoms with van der Waals surface area (Å²) in [5, 5.41) is 9.32. The summed E-state index contributed by atoms with van der Waals surface area (Å²) in [5.41, 5.74) is 0.668. The Kier molecular flexibility index (Phi) is 3.96. The van der Waals surface area contributed by atoms with Crippen molar-refractivity contribution < 1.29 is 13.9 Å². The monoisotopic (exact) mass is 216 g/mol. The minimum absolute atomic E-state index is 0.365. The third-order valence-corrected chi connectivity index (χ3v) is 2.05. The molecule has 1 N–H and O–H groups in total. The van der Waals surface area contributed by atoms with E-state index < -0.39 is 12.5 Å². The molecule has 0 spiro atoms. The first kappa shape index (κ1) is 11.8. The van der Waals surface area contributed by atoms with Crippen LogP contribution in [-0.2, 0) is 0 Å².